The SMILES string of the molecule is COc1ccc2nc(Nc3ccc(C(N)=O)cc3)c3[nH]ncc3c2c1. The number of benzene rings is 2. The van der Waals surface area contributed by atoms with E-state index in [1.165, 1.54) is 0 Å². The van der Waals surface area contributed by atoms with E-state index in [1.807, 2.05) is 18.2 Å². The predicted molar refractivity (Wildman–Crippen MR) is 96.2 cm³/mol. The minimum Gasteiger partial charge on any atom is -0.497 e. The van der Waals surface area contributed by atoms with Gasteiger partial charge < -0.3 is 15.8 Å². The lowest BCUT2D eigenvalue weighted by molar-refractivity contribution is 0.100. The number of amides is 1. The van der Waals surface area contributed by atoms with E-state index < -0.39 is 5.91 Å². The van der Waals surface area contributed by atoms with E-state index in [0.717, 1.165) is 33.2 Å². The fourth-order valence-electron chi connectivity index (χ4n) is 2.75. The van der Waals surface area contributed by atoms with Crippen molar-refractivity contribution in [2.75, 3.05) is 12.4 Å². The largest absolute Gasteiger partial charge is 0.497 e. The average molecular weight is 333 g/mol. The second kappa shape index (κ2) is 5.79. The van der Waals surface area contributed by atoms with Gasteiger partial charge in [0.05, 0.1) is 18.8 Å². The van der Waals surface area contributed by atoms with E-state index in [9.17, 15) is 4.79 Å². The average Bonchev–Trinajstić information content (AvgIpc) is 3.12. The van der Waals surface area contributed by atoms with Crippen LogP contribution in [0.25, 0.3) is 21.8 Å². The molecule has 0 aliphatic carbocycles. The first-order valence-electron chi connectivity index (χ1n) is 7.63. The van der Waals surface area contributed by atoms with Gasteiger partial charge in [-0.25, -0.2) is 4.98 Å². The number of nitrogens with two attached hydrogens (primary N) is 1. The molecule has 2 aromatic carbocycles. The predicted octanol–water partition coefficient (Wildman–Crippen LogP) is 2.96. The first-order valence-corrected chi connectivity index (χ1v) is 7.63. The highest BCUT2D eigenvalue weighted by molar-refractivity contribution is 6.09. The molecule has 7 heteroatoms. The summed E-state index contributed by atoms with van der Waals surface area (Å²) in [5.41, 5.74) is 8.13. The van der Waals surface area contributed by atoms with Crippen molar-refractivity contribution in [3.63, 3.8) is 0 Å². The maximum absolute atomic E-state index is 11.2. The summed E-state index contributed by atoms with van der Waals surface area (Å²) in [6, 6.07) is 12.6. The van der Waals surface area contributed by atoms with Gasteiger partial charge in [-0.2, -0.15) is 5.10 Å². The molecule has 0 spiro atoms. The number of fused-ring (bicyclic) bond motifs is 3. The zero-order valence-corrected chi connectivity index (χ0v) is 13.4. The summed E-state index contributed by atoms with van der Waals surface area (Å²) in [4.78, 5) is 15.8. The molecule has 7 nitrogen and oxygen atoms in total. The van der Waals surface area contributed by atoms with Crippen LogP contribution in [-0.4, -0.2) is 28.2 Å². The van der Waals surface area contributed by atoms with Gasteiger partial charge in [-0.1, -0.05) is 0 Å². The Morgan fingerprint density at radius 3 is 2.68 bits per heavy atom. The molecule has 1 amide bonds. The van der Waals surface area contributed by atoms with E-state index in [0.29, 0.717) is 11.4 Å². The van der Waals surface area contributed by atoms with Crippen LogP contribution in [0.3, 0.4) is 0 Å². The van der Waals surface area contributed by atoms with Gasteiger partial charge in [-0.3, -0.25) is 9.89 Å². The fraction of sp³-hybridized carbons (Fsp3) is 0.0556. The van der Waals surface area contributed by atoms with E-state index >= 15 is 0 Å². The lowest BCUT2D eigenvalue weighted by Gasteiger charge is -2.10. The lowest BCUT2D eigenvalue weighted by Crippen LogP contribution is -2.10. The molecule has 4 rings (SSSR count). The molecular formula is C18H15N5O2. The number of nitrogens with one attached hydrogen (secondary N) is 2. The summed E-state index contributed by atoms with van der Waals surface area (Å²) < 4.78 is 5.29. The number of carbonyl (C=O) groups is 1. The number of H-pyrrole nitrogens is 1. The van der Waals surface area contributed by atoms with Crippen LogP contribution in [0, 0.1) is 0 Å². The Hall–Kier alpha value is -3.61. The zero-order valence-electron chi connectivity index (χ0n) is 13.4. The van der Waals surface area contributed by atoms with Gasteiger partial charge in [0.25, 0.3) is 0 Å². The Bertz CT molecular complexity index is 1090. The quantitative estimate of drug-likeness (QED) is 0.532. The number of ether oxygens (including phenoxy) is 1. The summed E-state index contributed by atoms with van der Waals surface area (Å²) in [6.45, 7) is 0. The number of hydrogen-bond donors (Lipinski definition) is 3. The van der Waals surface area contributed by atoms with Crippen LogP contribution in [0.1, 0.15) is 10.4 Å². The maximum Gasteiger partial charge on any atom is 0.248 e. The third-order valence-electron chi connectivity index (χ3n) is 4.03. The highest BCUT2D eigenvalue weighted by Crippen LogP contribution is 2.31. The second-order valence-electron chi connectivity index (χ2n) is 5.57. The van der Waals surface area contributed by atoms with Crippen molar-refractivity contribution < 1.29 is 9.53 Å². The van der Waals surface area contributed by atoms with Crippen molar-refractivity contribution in [3.8, 4) is 5.75 Å². The molecule has 2 heterocycles. The van der Waals surface area contributed by atoms with Gasteiger partial charge in [-0.05, 0) is 42.5 Å². The number of aromatic amines is 1. The zero-order chi connectivity index (χ0) is 17.4. The van der Waals surface area contributed by atoms with Crippen molar-refractivity contribution in [1.29, 1.82) is 0 Å². The fourth-order valence-corrected chi connectivity index (χ4v) is 2.75. The van der Waals surface area contributed by atoms with Crippen LogP contribution in [0.4, 0.5) is 11.5 Å². The Balaban J connectivity index is 1.80. The van der Waals surface area contributed by atoms with Crippen LogP contribution in [0.5, 0.6) is 5.75 Å². The number of pyridine rings is 1. The third-order valence-corrected chi connectivity index (χ3v) is 4.03. The normalized spacial score (nSPS) is 10.9. The van der Waals surface area contributed by atoms with E-state index in [1.54, 1.807) is 37.6 Å². The number of aromatic nitrogens is 3. The molecule has 2 aromatic heterocycles. The van der Waals surface area contributed by atoms with E-state index in [2.05, 4.69) is 20.5 Å². The molecule has 0 unspecified atom stereocenters. The molecule has 25 heavy (non-hydrogen) atoms. The Kier molecular flexibility index (Phi) is 3.46. The molecule has 0 saturated carbocycles. The van der Waals surface area contributed by atoms with Crippen molar-refractivity contribution in [2.45, 2.75) is 0 Å². The molecule has 0 bridgehead atoms. The lowest BCUT2D eigenvalue weighted by atomic mass is 10.1. The first kappa shape index (κ1) is 14.9. The Morgan fingerprint density at radius 2 is 1.96 bits per heavy atom. The van der Waals surface area contributed by atoms with Gasteiger partial charge >= 0.3 is 0 Å². The van der Waals surface area contributed by atoms with Gasteiger partial charge in [-0.15, -0.1) is 0 Å². The standard InChI is InChI=1S/C18H15N5O2/c1-25-12-6-7-15-13(8-12)14-9-20-23-16(14)18(22-15)21-11-4-2-10(3-5-11)17(19)24/h2-9H,1H3,(H2,19,24)(H,20,23)(H,21,22). The number of methoxy groups -OCH3 is 1. The Morgan fingerprint density at radius 1 is 1.16 bits per heavy atom. The van der Waals surface area contributed by atoms with Crippen LogP contribution >= 0.6 is 0 Å². The smallest absolute Gasteiger partial charge is 0.248 e. The third kappa shape index (κ3) is 2.61. The molecule has 0 radical (unpaired) electrons. The molecule has 0 atom stereocenters. The van der Waals surface area contributed by atoms with E-state index in [4.69, 9.17) is 10.5 Å². The van der Waals surface area contributed by atoms with Crippen molar-refractivity contribution in [3.05, 3.63) is 54.2 Å². The number of anilines is 2. The molecule has 0 fully saturated rings. The minimum absolute atomic E-state index is 0.454. The second-order valence-corrected chi connectivity index (χ2v) is 5.57. The summed E-state index contributed by atoms with van der Waals surface area (Å²) in [5, 5.41) is 12.3. The van der Waals surface area contributed by atoms with Crippen molar-refractivity contribution >= 4 is 39.2 Å². The summed E-state index contributed by atoms with van der Waals surface area (Å²) in [7, 11) is 1.63. The van der Waals surface area contributed by atoms with Crippen LogP contribution in [-0.2, 0) is 0 Å². The summed E-state index contributed by atoms with van der Waals surface area (Å²) in [5.74, 6) is 0.955. The molecule has 124 valence electrons. The Labute approximate surface area is 142 Å². The summed E-state index contributed by atoms with van der Waals surface area (Å²) in [6.07, 6.45) is 1.76. The van der Waals surface area contributed by atoms with Crippen molar-refractivity contribution in [2.24, 2.45) is 5.73 Å². The number of hydrogen-bond acceptors (Lipinski definition) is 5. The van der Waals surface area contributed by atoms with Gasteiger partial charge in [0, 0.05) is 22.0 Å². The molecule has 4 aromatic rings. The molecule has 4 N–H and O–H groups in total. The summed E-state index contributed by atoms with van der Waals surface area (Å²) >= 11 is 0. The number of primary amides is 1. The number of rotatable bonds is 4. The molecular weight excluding hydrogens is 318 g/mol. The van der Waals surface area contributed by atoms with Gasteiger partial charge in [0.2, 0.25) is 5.91 Å². The topological polar surface area (TPSA) is 106 Å². The molecule has 0 saturated heterocycles. The van der Waals surface area contributed by atoms with Crippen LogP contribution < -0.4 is 15.8 Å². The van der Waals surface area contributed by atoms with Crippen LogP contribution in [0.15, 0.2) is 48.7 Å². The van der Waals surface area contributed by atoms with Crippen molar-refractivity contribution in [1.82, 2.24) is 15.2 Å². The van der Waals surface area contributed by atoms with Gasteiger partial charge in [0.1, 0.15) is 11.3 Å². The van der Waals surface area contributed by atoms with Gasteiger partial charge in [0.15, 0.2) is 5.82 Å². The van der Waals surface area contributed by atoms with E-state index in [-0.39, 0.29) is 0 Å². The monoisotopic (exact) mass is 333 g/mol. The molecule has 0 aliphatic rings. The maximum atomic E-state index is 11.2. The molecule has 0 aliphatic heterocycles. The van der Waals surface area contributed by atoms with Crippen LogP contribution in [0.2, 0.25) is 0 Å². The first-order chi connectivity index (χ1) is 12.2. The minimum atomic E-state index is -0.458. The number of nitrogens with zero attached hydrogens (tertiary/aromatic N) is 2. The highest BCUT2D eigenvalue weighted by atomic mass is 16.5. The number of carbonyl (C=O) groups excluding carboxylic acids is 1. The highest BCUT2D eigenvalue weighted by Gasteiger charge is 2.11.